The number of benzene rings is 1. The number of nitrogens with one attached hydrogen (secondary N) is 1. The zero-order valence-electron chi connectivity index (χ0n) is 13.4. The van der Waals surface area contributed by atoms with Crippen molar-refractivity contribution in [3.05, 3.63) is 34.4 Å². The molecule has 0 heterocycles. The average Bonchev–Trinajstić information content (AvgIpc) is 2.67. The summed E-state index contributed by atoms with van der Waals surface area (Å²) in [6.07, 6.45) is 4.09. The summed E-state index contributed by atoms with van der Waals surface area (Å²) in [6.45, 7) is 11.6. The molecule has 106 valence electrons. The lowest BCUT2D eigenvalue weighted by atomic mass is 9.74. The third-order valence-electron chi connectivity index (χ3n) is 5.27. The van der Waals surface area contributed by atoms with Crippen molar-refractivity contribution >= 4 is 0 Å². The molecule has 19 heavy (non-hydrogen) atoms. The van der Waals surface area contributed by atoms with Crippen LogP contribution in [-0.2, 0) is 0 Å². The van der Waals surface area contributed by atoms with Crippen LogP contribution in [0.4, 0.5) is 0 Å². The Bertz CT molecular complexity index is 459. The third-order valence-corrected chi connectivity index (χ3v) is 5.27. The van der Waals surface area contributed by atoms with Gasteiger partial charge in [0.1, 0.15) is 0 Å². The van der Waals surface area contributed by atoms with Gasteiger partial charge in [0.25, 0.3) is 0 Å². The van der Waals surface area contributed by atoms with E-state index in [9.17, 15) is 0 Å². The van der Waals surface area contributed by atoms with Crippen LogP contribution in [0, 0.1) is 32.1 Å². The summed E-state index contributed by atoms with van der Waals surface area (Å²) >= 11 is 0. The molecule has 0 bridgehead atoms. The Labute approximate surface area is 118 Å². The van der Waals surface area contributed by atoms with Crippen molar-refractivity contribution in [2.45, 2.75) is 59.9 Å². The van der Waals surface area contributed by atoms with Crippen LogP contribution in [0.15, 0.2) is 12.1 Å². The van der Waals surface area contributed by atoms with Gasteiger partial charge in [0.15, 0.2) is 0 Å². The fourth-order valence-electron chi connectivity index (χ4n) is 3.86. The number of hydrogen-bond donors (Lipinski definition) is 1. The predicted octanol–water partition coefficient (Wildman–Crippen LogP) is 4.70. The molecule has 2 rings (SSSR count). The zero-order chi connectivity index (χ0) is 14.2. The Morgan fingerprint density at radius 3 is 2.26 bits per heavy atom. The Balaban J connectivity index is 2.40. The zero-order valence-corrected chi connectivity index (χ0v) is 13.4. The van der Waals surface area contributed by atoms with Gasteiger partial charge in [-0.2, -0.15) is 0 Å². The first kappa shape index (κ1) is 14.6. The molecule has 1 saturated carbocycles. The van der Waals surface area contributed by atoms with Crippen LogP contribution >= 0.6 is 0 Å². The summed E-state index contributed by atoms with van der Waals surface area (Å²) in [4.78, 5) is 0. The van der Waals surface area contributed by atoms with Gasteiger partial charge in [-0.15, -0.1) is 0 Å². The van der Waals surface area contributed by atoms with Gasteiger partial charge in [-0.25, -0.2) is 0 Å². The fourth-order valence-corrected chi connectivity index (χ4v) is 3.86. The van der Waals surface area contributed by atoms with E-state index in [-0.39, 0.29) is 0 Å². The molecule has 1 fully saturated rings. The lowest BCUT2D eigenvalue weighted by Gasteiger charge is -2.35. The SMILES string of the molecule is CNC(c1cc(C)c(C)cc1C)C1CCCC1(C)C. The molecule has 1 aliphatic carbocycles. The van der Waals surface area contributed by atoms with Crippen molar-refractivity contribution in [1.82, 2.24) is 5.32 Å². The van der Waals surface area contributed by atoms with Gasteiger partial charge < -0.3 is 5.32 Å². The summed E-state index contributed by atoms with van der Waals surface area (Å²) < 4.78 is 0. The van der Waals surface area contributed by atoms with Crippen molar-refractivity contribution in [2.24, 2.45) is 11.3 Å². The molecular formula is C18H29N. The van der Waals surface area contributed by atoms with Crippen molar-refractivity contribution < 1.29 is 0 Å². The molecule has 1 N–H and O–H groups in total. The molecule has 0 amide bonds. The molecule has 1 aromatic carbocycles. The topological polar surface area (TPSA) is 12.0 Å². The minimum absolute atomic E-state index is 0.457. The largest absolute Gasteiger partial charge is 0.313 e. The smallest absolute Gasteiger partial charge is 0.0354 e. The fraction of sp³-hybridized carbons (Fsp3) is 0.667. The van der Waals surface area contributed by atoms with E-state index >= 15 is 0 Å². The highest BCUT2D eigenvalue weighted by Gasteiger charge is 2.39. The molecule has 1 aliphatic rings. The lowest BCUT2D eigenvalue weighted by Crippen LogP contribution is -2.32. The van der Waals surface area contributed by atoms with E-state index in [1.54, 1.807) is 0 Å². The summed E-state index contributed by atoms with van der Waals surface area (Å²) in [5.74, 6) is 0.748. The number of rotatable bonds is 3. The highest BCUT2D eigenvalue weighted by atomic mass is 14.9. The summed E-state index contributed by atoms with van der Waals surface area (Å²) in [5.41, 5.74) is 6.22. The predicted molar refractivity (Wildman–Crippen MR) is 83.6 cm³/mol. The van der Waals surface area contributed by atoms with Crippen LogP contribution in [-0.4, -0.2) is 7.05 Å². The van der Waals surface area contributed by atoms with Gasteiger partial charge in [-0.1, -0.05) is 32.4 Å². The van der Waals surface area contributed by atoms with Crippen LogP contribution in [0.1, 0.15) is 61.4 Å². The average molecular weight is 259 g/mol. The van der Waals surface area contributed by atoms with Gasteiger partial charge in [0.05, 0.1) is 0 Å². The molecule has 2 unspecified atom stereocenters. The van der Waals surface area contributed by atoms with Crippen LogP contribution < -0.4 is 5.32 Å². The van der Waals surface area contributed by atoms with Gasteiger partial charge in [0, 0.05) is 6.04 Å². The van der Waals surface area contributed by atoms with Crippen molar-refractivity contribution in [1.29, 1.82) is 0 Å². The van der Waals surface area contributed by atoms with E-state index in [1.807, 2.05) is 0 Å². The minimum Gasteiger partial charge on any atom is -0.313 e. The molecular weight excluding hydrogens is 230 g/mol. The number of aryl methyl sites for hydroxylation is 3. The van der Waals surface area contributed by atoms with E-state index in [2.05, 4.69) is 59.1 Å². The molecule has 0 spiro atoms. The van der Waals surface area contributed by atoms with Gasteiger partial charge >= 0.3 is 0 Å². The van der Waals surface area contributed by atoms with Crippen molar-refractivity contribution in [3.63, 3.8) is 0 Å². The molecule has 1 aromatic rings. The van der Waals surface area contributed by atoms with Crippen LogP contribution in [0.25, 0.3) is 0 Å². The molecule has 2 atom stereocenters. The van der Waals surface area contributed by atoms with Gasteiger partial charge in [0.2, 0.25) is 0 Å². The van der Waals surface area contributed by atoms with E-state index in [4.69, 9.17) is 0 Å². The Morgan fingerprint density at radius 1 is 1.11 bits per heavy atom. The molecule has 0 aromatic heterocycles. The van der Waals surface area contributed by atoms with Crippen LogP contribution in [0.3, 0.4) is 0 Å². The molecule has 1 heteroatoms. The Morgan fingerprint density at radius 2 is 1.74 bits per heavy atom. The monoisotopic (exact) mass is 259 g/mol. The first-order valence-electron chi connectivity index (χ1n) is 7.62. The second-order valence-corrected chi connectivity index (χ2v) is 7.05. The highest BCUT2D eigenvalue weighted by molar-refractivity contribution is 5.38. The first-order chi connectivity index (χ1) is 8.86. The maximum atomic E-state index is 3.60. The quantitative estimate of drug-likeness (QED) is 0.829. The second-order valence-electron chi connectivity index (χ2n) is 7.05. The highest BCUT2D eigenvalue weighted by Crippen LogP contribution is 2.49. The molecule has 0 aliphatic heterocycles. The van der Waals surface area contributed by atoms with E-state index in [0.717, 1.165) is 5.92 Å². The van der Waals surface area contributed by atoms with Crippen molar-refractivity contribution in [3.8, 4) is 0 Å². The van der Waals surface area contributed by atoms with Crippen LogP contribution in [0.2, 0.25) is 0 Å². The van der Waals surface area contributed by atoms with E-state index < -0.39 is 0 Å². The maximum absolute atomic E-state index is 3.60. The van der Waals surface area contributed by atoms with Gasteiger partial charge in [-0.3, -0.25) is 0 Å². The molecule has 1 nitrogen and oxygen atoms in total. The lowest BCUT2D eigenvalue weighted by molar-refractivity contribution is 0.203. The standard InChI is InChI=1S/C18H29N/c1-12-10-14(3)15(11-13(12)2)17(19-6)16-8-7-9-18(16,4)5/h10-11,16-17,19H,7-9H2,1-6H3. The molecule has 0 saturated heterocycles. The van der Waals surface area contributed by atoms with Crippen molar-refractivity contribution in [2.75, 3.05) is 7.05 Å². The Hall–Kier alpha value is -0.820. The van der Waals surface area contributed by atoms with E-state index in [0.29, 0.717) is 11.5 Å². The summed E-state index contributed by atoms with van der Waals surface area (Å²) in [6, 6.07) is 5.24. The minimum atomic E-state index is 0.457. The van der Waals surface area contributed by atoms with Crippen LogP contribution in [0.5, 0.6) is 0 Å². The maximum Gasteiger partial charge on any atom is 0.0354 e. The molecule has 0 radical (unpaired) electrons. The normalized spacial score (nSPS) is 23.6. The third kappa shape index (κ3) is 2.72. The summed E-state index contributed by atoms with van der Waals surface area (Å²) in [5, 5.41) is 3.60. The number of hydrogen-bond acceptors (Lipinski definition) is 1. The van der Waals surface area contributed by atoms with Gasteiger partial charge in [-0.05, 0) is 74.2 Å². The van der Waals surface area contributed by atoms with E-state index in [1.165, 1.54) is 41.5 Å². The summed E-state index contributed by atoms with van der Waals surface area (Å²) in [7, 11) is 2.12. The first-order valence-corrected chi connectivity index (χ1v) is 7.62. The Kier molecular flexibility index (Phi) is 4.06. The second kappa shape index (κ2) is 5.28.